The number of ether oxygens (including phenoxy) is 2. The van der Waals surface area contributed by atoms with Gasteiger partial charge in [0.2, 0.25) is 0 Å². The number of carbonyl (C=O) groups is 2. The number of rotatable bonds is 8. The van der Waals surface area contributed by atoms with E-state index in [1.807, 2.05) is 13.8 Å². The number of carbonyl (C=O) groups excluding carboxylic acids is 2. The Hall–Kier alpha value is -2.72. The molecule has 1 aromatic carbocycles. The Morgan fingerprint density at radius 2 is 1.25 bits per heavy atom. The summed E-state index contributed by atoms with van der Waals surface area (Å²) < 4.78 is 10.3. The molecule has 0 saturated carbocycles. The third-order valence-corrected chi connectivity index (χ3v) is 3.37. The van der Waals surface area contributed by atoms with Crippen LogP contribution in [0.2, 0.25) is 0 Å². The van der Waals surface area contributed by atoms with Crippen molar-refractivity contribution >= 4 is 11.9 Å². The number of hydrogen-bond donors (Lipinski definition) is 0. The van der Waals surface area contributed by atoms with E-state index in [-0.39, 0.29) is 22.3 Å². The number of benzene rings is 1. The van der Waals surface area contributed by atoms with Crippen molar-refractivity contribution in [2.45, 2.75) is 39.5 Å². The van der Waals surface area contributed by atoms with Crippen LogP contribution in [0.5, 0.6) is 0 Å². The summed E-state index contributed by atoms with van der Waals surface area (Å²) in [5.74, 6) is 3.72. The molecule has 0 atom stereocenters. The van der Waals surface area contributed by atoms with Crippen LogP contribution in [0.3, 0.4) is 0 Å². The van der Waals surface area contributed by atoms with Crippen molar-refractivity contribution in [2.75, 3.05) is 13.2 Å². The molecule has 0 heterocycles. The predicted octanol–water partition coefficient (Wildman–Crippen LogP) is 3.56. The van der Waals surface area contributed by atoms with E-state index >= 15 is 0 Å². The van der Waals surface area contributed by atoms with Gasteiger partial charge in [0.25, 0.3) is 0 Å². The molecule has 126 valence electrons. The zero-order valence-electron chi connectivity index (χ0n) is 14.2. The highest BCUT2D eigenvalue weighted by Crippen LogP contribution is 2.19. The van der Waals surface area contributed by atoms with E-state index in [1.54, 1.807) is 0 Å². The van der Waals surface area contributed by atoms with Crippen LogP contribution in [0.25, 0.3) is 0 Å². The maximum atomic E-state index is 12.2. The SMILES string of the molecule is C#Cc1cc(C(=O)OCCCC)c(C#C)cc1C(=O)OCCCC. The summed E-state index contributed by atoms with van der Waals surface area (Å²) in [6, 6.07) is 2.83. The van der Waals surface area contributed by atoms with Gasteiger partial charge in [0.1, 0.15) is 0 Å². The Kier molecular flexibility index (Phi) is 8.16. The van der Waals surface area contributed by atoms with Crippen LogP contribution in [0.4, 0.5) is 0 Å². The zero-order chi connectivity index (χ0) is 17.9. The van der Waals surface area contributed by atoms with Crippen LogP contribution in [0.1, 0.15) is 71.4 Å². The normalized spacial score (nSPS) is 9.67. The highest BCUT2D eigenvalue weighted by atomic mass is 16.5. The van der Waals surface area contributed by atoms with Gasteiger partial charge in [-0.05, 0) is 25.0 Å². The highest BCUT2D eigenvalue weighted by Gasteiger charge is 2.19. The number of terminal acetylenes is 2. The molecule has 0 fully saturated rings. The van der Waals surface area contributed by atoms with Gasteiger partial charge in [-0.1, -0.05) is 38.5 Å². The molecule has 0 aliphatic rings. The summed E-state index contributed by atoms with van der Waals surface area (Å²) in [6.45, 7) is 4.61. The van der Waals surface area contributed by atoms with Crippen molar-refractivity contribution in [3.63, 3.8) is 0 Å². The van der Waals surface area contributed by atoms with Gasteiger partial charge in [-0.3, -0.25) is 0 Å². The molecule has 0 aliphatic carbocycles. The average Bonchev–Trinajstić information content (AvgIpc) is 2.60. The molecule has 0 amide bonds. The maximum absolute atomic E-state index is 12.2. The predicted molar refractivity (Wildman–Crippen MR) is 92.7 cm³/mol. The minimum Gasteiger partial charge on any atom is -0.462 e. The molecule has 24 heavy (non-hydrogen) atoms. The lowest BCUT2D eigenvalue weighted by atomic mass is 9.98. The fraction of sp³-hybridized carbons (Fsp3) is 0.400. The standard InChI is InChI=1S/C20H22O4/c1-5-9-11-23-19(21)17-13-16(8-4)18(14-15(17)7-3)20(22)24-12-10-6-2/h3-4,13-14H,5-6,9-12H2,1-2H3. The lowest BCUT2D eigenvalue weighted by Gasteiger charge is -2.11. The summed E-state index contributed by atoms with van der Waals surface area (Å²) in [7, 11) is 0. The molecule has 1 aromatic rings. The third kappa shape index (κ3) is 5.18. The molecule has 4 heteroatoms. The Bertz CT molecular complexity index is 614. The topological polar surface area (TPSA) is 52.6 Å². The lowest BCUT2D eigenvalue weighted by Crippen LogP contribution is -2.13. The number of unbranched alkanes of at least 4 members (excludes halogenated alkanes) is 2. The fourth-order valence-corrected chi connectivity index (χ4v) is 1.95. The van der Waals surface area contributed by atoms with Crippen molar-refractivity contribution in [1.29, 1.82) is 0 Å². The Morgan fingerprint density at radius 1 is 0.875 bits per heavy atom. The molecule has 0 unspecified atom stereocenters. The monoisotopic (exact) mass is 326 g/mol. The first-order valence-corrected chi connectivity index (χ1v) is 8.04. The molecule has 0 aromatic heterocycles. The average molecular weight is 326 g/mol. The van der Waals surface area contributed by atoms with Crippen LogP contribution in [-0.4, -0.2) is 25.2 Å². The van der Waals surface area contributed by atoms with Gasteiger partial charge in [0.05, 0.1) is 24.3 Å². The first kappa shape index (κ1) is 19.3. The van der Waals surface area contributed by atoms with Gasteiger partial charge in [0.15, 0.2) is 0 Å². The van der Waals surface area contributed by atoms with E-state index in [2.05, 4.69) is 11.8 Å². The molecule has 0 saturated heterocycles. The van der Waals surface area contributed by atoms with E-state index in [0.29, 0.717) is 13.2 Å². The van der Waals surface area contributed by atoms with E-state index in [9.17, 15) is 9.59 Å². The summed E-state index contributed by atoms with van der Waals surface area (Å²) in [5, 5.41) is 0. The summed E-state index contributed by atoms with van der Waals surface area (Å²) >= 11 is 0. The first-order chi connectivity index (χ1) is 11.6. The van der Waals surface area contributed by atoms with E-state index in [1.165, 1.54) is 12.1 Å². The largest absolute Gasteiger partial charge is 0.462 e. The van der Waals surface area contributed by atoms with Crippen LogP contribution >= 0.6 is 0 Å². The van der Waals surface area contributed by atoms with E-state index < -0.39 is 11.9 Å². The van der Waals surface area contributed by atoms with Gasteiger partial charge in [-0.15, -0.1) is 12.8 Å². The Labute approximate surface area is 143 Å². The quantitative estimate of drug-likeness (QED) is 0.416. The molecule has 0 radical (unpaired) electrons. The van der Waals surface area contributed by atoms with Gasteiger partial charge in [-0.2, -0.15) is 0 Å². The van der Waals surface area contributed by atoms with Crippen molar-refractivity contribution in [3.05, 3.63) is 34.4 Å². The van der Waals surface area contributed by atoms with Gasteiger partial charge < -0.3 is 9.47 Å². The molecule has 0 N–H and O–H groups in total. The fourth-order valence-electron chi connectivity index (χ4n) is 1.95. The highest BCUT2D eigenvalue weighted by molar-refractivity contribution is 5.98. The van der Waals surface area contributed by atoms with Gasteiger partial charge in [-0.25, -0.2) is 9.59 Å². The van der Waals surface area contributed by atoms with Crippen LogP contribution in [-0.2, 0) is 9.47 Å². The lowest BCUT2D eigenvalue weighted by molar-refractivity contribution is 0.0484. The molecular weight excluding hydrogens is 304 g/mol. The second-order valence-electron chi connectivity index (χ2n) is 5.21. The van der Waals surface area contributed by atoms with Crippen LogP contribution in [0, 0.1) is 24.7 Å². The van der Waals surface area contributed by atoms with Crippen LogP contribution < -0.4 is 0 Å². The molecule has 0 bridgehead atoms. The Morgan fingerprint density at radius 3 is 1.54 bits per heavy atom. The zero-order valence-corrected chi connectivity index (χ0v) is 14.2. The summed E-state index contributed by atoms with van der Waals surface area (Å²) in [5.41, 5.74) is 0.897. The minimum absolute atomic E-state index is 0.187. The molecule has 1 rings (SSSR count). The van der Waals surface area contributed by atoms with E-state index in [4.69, 9.17) is 22.3 Å². The second-order valence-corrected chi connectivity index (χ2v) is 5.21. The first-order valence-electron chi connectivity index (χ1n) is 8.04. The summed E-state index contributed by atoms with van der Waals surface area (Å²) in [6.07, 6.45) is 14.3. The van der Waals surface area contributed by atoms with Crippen molar-refractivity contribution in [3.8, 4) is 24.7 Å². The van der Waals surface area contributed by atoms with Crippen molar-refractivity contribution < 1.29 is 19.1 Å². The molecular formula is C20H22O4. The summed E-state index contributed by atoms with van der Waals surface area (Å²) in [4.78, 5) is 24.3. The van der Waals surface area contributed by atoms with Gasteiger partial charge >= 0.3 is 11.9 Å². The maximum Gasteiger partial charge on any atom is 0.339 e. The van der Waals surface area contributed by atoms with Crippen molar-refractivity contribution in [2.24, 2.45) is 0 Å². The number of esters is 2. The second kappa shape index (κ2) is 10.1. The minimum atomic E-state index is -0.543. The molecule has 4 nitrogen and oxygen atoms in total. The van der Waals surface area contributed by atoms with Crippen molar-refractivity contribution in [1.82, 2.24) is 0 Å². The number of hydrogen-bond acceptors (Lipinski definition) is 4. The van der Waals surface area contributed by atoms with Crippen LogP contribution in [0.15, 0.2) is 12.1 Å². The molecule has 0 aliphatic heterocycles. The smallest absolute Gasteiger partial charge is 0.339 e. The third-order valence-electron chi connectivity index (χ3n) is 3.37. The van der Waals surface area contributed by atoms with Gasteiger partial charge in [0, 0.05) is 11.1 Å². The molecule has 0 spiro atoms. The van der Waals surface area contributed by atoms with E-state index in [0.717, 1.165) is 25.7 Å². The Balaban J connectivity index is 3.10.